The molecule has 0 radical (unpaired) electrons. The van der Waals surface area contributed by atoms with E-state index in [4.69, 9.17) is 4.74 Å². The first kappa shape index (κ1) is 9.94. The number of hydrogen-bond acceptors (Lipinski definition) is 1. The number of allylic oxidation sites excluding steroid dienone is 4. The summed E-state index contributed by atoms with van der Waals surface area (Å²) in [7, 11) is 0. The zero-order valence-electron chi connectivity index (χ0n) is 8.60. The van der Waals surface area contributed by atoms with E-state index in [9.17, 15) is 0 Å². The second-order valence-corrected chi connectivity index (χ2v) is 3.62. The lowest BCUT2D eigenvalue weighted by atomic mass is 10.0. The van der Waals surface area contributed by atoms with Crippen LogP contribution in [0.25, 0.3) is 0 Å². The maximum atomic E-state index is 5.88. The van der Waals surface area contributed by atoms with E-state index in [1.165, 1.54) is 0 Å². The summed E-state index contributed by atoms with van der Waals surface area (Å²) in [6.45, 7) is 7.90. The van der Waals surface area contributed by atoms with Gasteiger partial charge in [-0.3, -0.25) is 0 Å². The van der Waals surface area contributed by atoms with Crippen molar-refractivity contribution in [1.82, 2.24) is 0 Å². The maximum Gasteiger partial charge on any atom is 0.102 e. The molecule has 0 aromatic rings. The summed E-state index contributed by atoms with van der Waals surface area (Å²) in [5.41, 5.74) is 1.96. The van der Waals surface area contributed by atoms with E-state index in [-0.39, 0.29) is 12.2 Å². The molecular weight excluding hydrogens is 184 g/mol. The first-order chi connectivity index (χ1) is 7.27. The molecule has 76 valence electrons. The summed E-state index contributed by atoms with van der Waals surface area (Å²) in [5, 5.41) is 0. The van der Waals surface area contributed by atoms with Crippen LogP contribution in [0, 0.1) is 0 Å². The summed E-state index contributed by atoms with van der Waals surface area (Å²) < 4.78 is 5.88. The highest BCUT2D eigenvalue weighted by Crippen LogP contribution is 2.20. The molecule has 2 atom stereocenters. The van der Waals surface area contributed by atoms with Crippen molar-refractivity contribution in [3.05, 3.63) is 72.9 Å². The Morgan fingerprint density at radius 1 is 0.800 bits per heavy atom. The molecule has 2 rings (SSSR count). The van der Waals surface area contributed by atoms with Gasteiger partial charge in [-0.2, -0.15) is 0 Å². The van der Waals surface area contributed by atoms with Crippen LogP contribution in [0.2, 0.25) is 0 Å². The van der Waals surface area contributed by atoms with E-state index in [0.717, 1.165) is 11.1 Å². The van der Waals surface area contributed by atoms with E-state index < -0.39 is 0 Å². The highest BCUT2D eigenvalue weighted by atomic mass is 16.5. The molecule has 0 bridgehead atoms. The molecule has 0 N–H and O–H groups in total. The summed E-state index contributed by atoms with van der Waals surface area (Å²) in [6, 6.07) is 0. The Balaban J connectivity index is 2.03. The van der Waals surface area contributed by atoms with Gasteiger partial charge in [0.25, 0.3) is 0 Å². The molecule has 2 aliphatic carbocycles. The molecule has 2 unspecified atom stereocenters. The molecule has 1 nitrogen and oxygen atoms in total. The second kappa shape index (κ2) is 4.28. The third-order valence-corrected chi connectivity index (χ3v) is 2.44. The standard InChI is InChI=1S/C14H14O/c1-11-7-3-5-9-13(11)15-14-10-6-4-8-12(14)2/h3-10,13-14H,1-2H2. The van der Waals surface area contributed by atoms with Crippen LogP contribution in [0.3, 0.4) is 0 Å². The molecule has 0 aliphatic heterocycles. The molecule has 0 aromatic carbocycles. The lowest BCUT2D eigenvalue weighted by molar-refractivity contribution is 0.0861. The third kappa shape index (κ3) is 2.25. The van der Waals surface area contributed by atoms with Crippen LogP contribution in [0.4, 0.5) is 0 Å². The fourth-order valence-electron chi connectivity index (χ4n) is 1.55. The van der Waals surface area contributed by atoms with Gasteiger partial charge in [-0.1, -0.05) is 61.8 Å². The molecule has 0 amide bonds. The summed E-state index contributed by atoms with van der Waals surface area (Å²) in [6.07, 6.45) is 15.8. The smallest absolute Gasteiger partial charge is 0.102 e. The van der Waals surface area contributed by atoms with Crippen molar-refractivity contribution in [2.75, 3.05) is 0 Å². The summed E-state index contributed by atoms with van der Waals surface area (Å²) >= 11 is 0. The monoisotopic (exact) mass is 198 g/mol. The fourth-order valence-corrected chi connectivity index (χ4v) is 1.55. The molecule has 0 saturated heterocycles. The van der Waals surface area contributed by atoms with E-state index >= 15 is 0 Å². The van der Waals surface area contributed by atoms with Crippen molar-refractivity contribution in [2.45, 2.75) is 12.2 Å². The van der Waals surface area contributed by atoms with E-state index in [1.54, 1.807) is 0 Å². The molecule has 0 fully saturated rings. The van der Waals surface area contributed by atoms with E-state index in [1.807, 2.05) is 48.6 Å². The minimum Gasteiger partial charge on any atom is -0.357 e. The summed E-state index contributed by atoms with van der Waals surface area (Å²) in [4.78, 5) is 0. The predicted octanol–water partition coefficient (Wildman–Crippen LogP) is 3.10. The van der Waals surface area contributed by atoms with Crippen LogP contribution in [-0.4, -0.2) is 12.2 Å². The van der Waals surface area contributed by atoms with Gasteiger partial charge in [0.2, 0.25) is 0 Å². The zero-order chi connectivity index (χ0) is 10.7. The van der Waals surface area contributed by atoms with Crippen LogP contribution in [0.5, 0.6) is 0 Å². The first-order valence-corrected chi connectivity index (χ1v) is 5.00. The molecule has 2 aliphatic rings. The Bertz CT molecular complexity index is 356. The van der Waals surface area contributed by atoms with Gasteiger partial charge in [-0.05, 0) is 11.1 Å². The second-order valence-electron chi connectivity index (χ2n) is 3.62. The summed E-state index contributed by atoms with van der Waals surface area (Å²) in [5.74, 6) is 0. The molecule has 1 heteroatoms. The number of ether oxygens (including phenoxy) is 1. The highest BCUT2D eigenvalue weighted by molar-refractivity contribution is 5.36. The van der Waals surface area contributed by atoms with Crippen LogP contribution >= 0.6 is 0 Å². The molecule has 0 saturated carbocycles. The van der Waals surface area contributed by atoms with Gasteiger partial charge in [-0.15, -0.1) is 0 Å². The lowest BCUT2D eigenvalue weighted by Crippen LogP contribution is -2.22. The van der Waals surface area contributed by atoms with Crippen molar-refractivity contribution in [2.24, 2.45) is 0 Å². The predicted molar refractivity (Wildman–Crippen MR) is 63.5 cm³/mol. The number of rotatable bonds is 2. The quantitative estimate of drug-likeness (QED) is 0.662. The van der Waals surface area contributed by atoms with Gasteiger partial charge in [0.1, 0.15) is 12.2 Å². The van der Waals surface area contributed by atoms with Crippen LogP contribution in [0.15, 0.2) is 72.9 Å². The average Bonchev–Trinajstić information content (AvgIpc) is 2.24. The largest absolute Gasteiger partial charge is 0.357 e. The molecule has 15 heavy (non-hydrogen) atoms. The maximum absolute atomic E-state index is 5.88. The highest BCUT2D eigenvalue weighted by Gasteiger charge is 2.17. The van der Waals surface area contributed by atoms with Crippen LogP contribution < -0.4 is 0 Å². The molecule has 0 heterocycles. The van der Waals surface area contributed by atoms with Crippen molar-refractivity contribution in [3.8, 4) is 0 Å². The van der Waals surface area contributed by atoms with E-state index in [2.05, 4.69) is 13.2 Å². The van der Waals surface area contributed by atoms with Gasteiger partial charge in [0, 0.05) is 0 Å². The zero-order valence-corrected chi connectivity index (χ0v) is 8.60. The van der Waals surface area contributed by atoms with Crippen LogP contribution in [0.1, 0.15) is 0 Å². The van der Waals surface area contributed by atoms with E-state index in [0.29, 0.717) is 0 Å². The van der Waals surface area contributed by atoms with Gasteiger partial charge < -0.3 is 4.74 Å². The minimum atomic E-state index is -0.0344. The van der Waals surface area contributed by atoms with Crippen molar-refractivity contribution in [3.63, 3.8) is 0 Å². The lowest BCUT2D eigenvalue weighted by Gasteiger charge is -2.24. The van der Waals surface area contributed by atoms with Gasteiger partial charge in [-0.25, -0.2) is 0 Å². The topological polar surface area (TPSA) is 9.23 Å². The van der Waals surface area contributed by atoms with Gasteiger partial charge >= 0.3 is 0 Å². The average molecular weight is 198 g/mol. The Labute approximate surface area is 90.4 Å². The SMILES string of the molecule is C=C1C=CC=CC1OC1C=CC=CC1=C. The van der Waals surface area contributed by atoms with Crippen molar-refractivity contribution in [1.29, 1.82) is 0 Å². The Morgan fingerprint density at radius 2 is 1.27 bits per heavy atom. The number of hydrogen-bond donors (Lipinski definition) is 0. The van der Waals surface area contributed by atoms with Gasteiger partial charge in [0.15, 0.2) is 0 Å². The van der Waals surface area contributed by atoms with Crippen molar-refractivity contribution >= 4 is 0 Å². The molecular formula is C14H14O. The molecule has 0 aromatic heterocycles. The van der Waals surface area contributed by atoms with Crippen LogP contribution in [-0.2, 0) is 4.74 Å². The first-order valence-electron chi connectivity index (χ1n) is 5.00. The Morgan fingerprint density at radius 3 is 1.67 bits per heavy atom. The van der Waals surface area contributed by atoms with Crippen molar-refractivity contribution < 1.29 is 4.74 Å². The Hall–Kier alpha value is -1.60. The molecule has 0 spiro atoms. The fraction of sp³-hybridized carbons (Fsp3) is 0.143. The minimum absolute atomic E-state index is 0.0344. The normalized spacial score (nSPS) is 28.8. The third-order valence-electron chi connectivity index (χ3n) is 2.44. The Kier molecular flexibility index (Phi) is 2.84. The van der Waals surface area contributed by atoms with Gasteiger partial charge in [0.05, 0.1) is 0 Å².